The highest BCUT2D eigenvalue weighted by molar-refractivity contribution is 6.08. The lowest BCUT2D eigenvalue weighted by Crippen LogP contribution is -1.92. The highest BCUT2D eigenvalue weighted by Crippen LogP contribution is 2.39. The minimum absolute atomic E-state index is 0.103. The van der Waals surface area contributed by atoms with Crippen LogP contribution in [0.2, 0.25) is 0 Å². The smallest absolute Gasteiger partial charge is 0.182 e. The number of pyridine rings is 1. The first kappa shape index (κ1) is 15.5. The third-order valence-corrected chi connectivity index (χ3v) is 4.73. The molecule has 0 unspecified atom stereocenters. The van der Waals surface area contributed by atoms with Gasteiger partial charge in [0, 0.05) is 28.3 Å². The molecular weight excluding hydrogens is 338 g/mol. The number of para-hydroxylation sites is 1. The van der Waals surface area contributed by atoms with Crippen LogP contribution in [0.1, 0.15) is 0 Å². The number of furan rings is 1. The van der Waals surface area contributed by atoms with Crippen LogP contribution < -0.4 is 5.43 Å². The number of hydrogen-bond donors (Lipinski definition) is 2. The monoisotopic (exact) mass is 353 g/mol. The molecular formula is C23H15NO3. The summed E-state index contributed by atoms with van der Waals surface area (Å²) in [5.74, 6) is 0.175. The van der Waals surface area contributed by atoms with Gasteiger partial charge in [-0.1, -0.05) is 48.5 Å². The van der Waals surface area contributed by atoms with E-state index in [0.717, 1.165) is 27.7 Å². The van der Waals surface area contributed by atoms with Crippen LogP contribution in [0.25, 0.3) is 44.5 Å². The van der Waals surface area contributed by atoms with Gasteiger partial charge in [0.1, 0.15) is 11.3 Å². The number of fused-ring (bicyclic) bond motifs is 3. The molecule has 0 saturated heterocycles. The number of rotatable bonds is 2. The van der Waals surface area contributed by atoms with Crippen LogP contribution in [-0.4, -0.2) is 10.1 Å². The number of aromatic amines is 1. The van der Waals surface area contributed by atoms with E-state index in [9.17, 15) is 9.90 Å². The molecule has 5 rings (SSSR count). The lowest BCUT2D eigenvalue weighted by atomic mass is 10.0. The van der Waals surface area contributed by atoms with E-state index in [4.69, 9.17) is 4.42 Å². The van der Waals surface area contributed by atoms with Gasteiger partial charge in [-0.2, -0.15) is 0 Å². The van der Waals surface area contributed by atoms with Crippen molar-refractivity contribution < 1.29 is 9.52 Å². The molecule has 0 spiro atoms. The minimum atomic E-state index is -0.103. The van der Waals surface area contributed by atoms with Crippen LogP contribution in [0.5, 0.6) is 5.75 Å². The largest absolute Gasteiger partial charge is 0.507 e. The summed E-state index contributed by atoms with van der Waals surface area (Å²) in [5.41, 5.74) is 5.19. The molecule has 27 heavy (non-hydrogen) atoms. The van der Waals surface area contributed by atoms with Gasteiger partial charge >= 0.3 is 0 Å². The number of phenolic OH excluding ortho intramolecular Hbond substituents is 1. The zero-order valence-corrected chi connectivity index (χ0v) is 14.3. The van der Waals surface area contributed by atoms with Crippen molar-refractivity contribution >= 4 is 22.1 Å². The summed E-state index contributed by atoms with van der Waals surface area (Å²) in [4.78, 5) is 15.2. The van der Waals surface area contributed by atoms with Gasteiger partial charge in [0.05, 0.1) is 5.52 Å². The molecule has 0 amide bonds. The third kappa shape index (κ3) is 2.50. The maximum absolute atomic E-state index is 11.7. The molecule has 3 aromatic carbocycles. The Labute approximate surface area is 154 Å². The van der Waals surface area contributed by atoms with Crippen molar-refractivity contribution in [2.75, 3.05) is 0 Å². The lowest BCUT2D eigenvalue weighted by Gasteiger charge is -2.09. The molecule has 5 aromatic rings. The number of aromatic nitrogens is 1. The zero-order chi connectivity index (χ0) is 18.4. The van der Waals surface area contributed by atoms with Crippen LogP contribution in [0.3, 0.4) is 0 Å². The molecule has 0 bridgehead atoms. The van der Waals surface area contributed by atoms with Crippen LogP contribution in [0.4, 0.5) is 0 Å². The number of H-pyrrole nitrogens is 1. The predicted octanol–water partition coefficient (Wildman–Crippen LogP) is 5.31. The van der Waals surface area contributed by atoms with E-state index in [-0.39, 0.29) is 11.2 Å². The Morgan fingerprint density at radius 3 is 2.41 bits per heavy atom. The van der Waals surface area contributed by atoms with E-state index in [2.05, 4.69) is 4.98 Å². The molecule has 2 aromatic heterocycles. The Morgan fingerprint density at radius 2 is 1.59 bits per heavy atom. The average molecular weight is 353 g/mol. The fourth-order valence-corrected chi connectivity index (χ4v) is 3.45. The molecule has 130 valence electrons. The third-order valence-electron chi connectivity index (χ3n) is 4.73. The van der Waals surface area contributed by atoms with E-state index in [1.807, 2.05) is 48.5 Å². The van der Waals surface area contributed by atoms with Crippen molar-refractivity contribution in [3.05, 3.63) is 89.1 Å². The zero-order valence-electron chi connectivity index (χ0n) is 14.3. The SMILES string of the molecule is O=c1ccc2c(c1)oc1c(-c3ccccc3O)cc(-c3ccccc3)[nH]c12. The molecule has 0 aliphatic heterocycles. The van der Waals surface area contributed by atoms with Crippen molar-refractivity contribution in [1.82, 2.24) is 4.98 Å². The van der Waals surface area contributed by atoms with Crippen molar-refractivity contribution in [2.24, 2.45) is 0 Å². The number of phenols is 1. The Morgan fingerprint density at radius 1 is 0.815 bits per heavy atom. The molecule has 0 radical (unpaired) electrons. The molecule has 0 aliphatic carbocycles. The van der Waals surface area contributed by atoms with Gasteiger partial charge in [0.15, 0.2) is 11.0 Å². The quantitative estimate of drug-likeness (QED) is 0.452. The average Bonchev–Trinajstić information content (AvgIpc) is 3.06. The first-order valence-electron chi connectivity index (χ1n) is 8.64. The molecule has 0 saturated carbocycles. The summed E-state index contributed by atoms with van der Waals surface area (Å²) in [6.45, 7) is 0. The Balaban J connectivity index is 1.93. The number of benzene rings is 3. The fraction of sp³-hybridized carbons (Fsp3) is 0. The number of nitrogens with one attached hydrogen (secondary N) is 1. The van der Waals surface area contributed by atoms with Crippen molar-refractivity contribution in [3.8, 4) is 28.1 Å². The normalized spacial score (nSPS) is 11.3. The van der Waals surface area contributed by atoms with Gasteiger partial charge in [0.2, 0.25) is 0 Å². The second kappa shape index (κ2) is 5.88. The molecule has 4 heteroatoms. The van der Waals surface area contributed by atoms with Crippen LogP contribution in [0.15, 0.2) is 88.1 Å². The second-order valence-electron chi connectivity index (χ2n) is 6.44. The van der Waals surface area contributed by atoms with E-state index in [1.165, 1.54) is 12.1 Å². The van der Waals surface area contributed by atoms with Gasteiger partial charge in [-0.15, -0.1) is 0 Å². The maximum Gasteiger partial charge on any atom is 0.182 e. The molecule has 0 fully saturated rings. The first-order valence-corrected chi connectivity index (χ1v) is 8.64. The molecule has 0 aliphatic rings. The van der Waals surface area contributed by atoms with Crippen molar-refractivity contribution in [1.29, 1.82) is 0 Å². The Bertz CT molecular complexity index is 1350. The van der Waals surface area contributed by atoms with Crippen molar-refractivity contribution in [3.63, 3.8) is 0 Å². The minimum Gasteiger partial charge on any atom is -0.507 e. The number of hydrogen-bond acceptors (Lipinski definition) is 3. The molecule has 4 nitrogen and oxygen atoms in total. The standard InChI is InChI=1S/C23H15NO3/c25-15-10-11-17-21(12-15)27-23-18(16-8-4-5-9-20(16)26)13-19(24-22(17)23)14-6-2-1-3-7-14/h1-13,24,26H. The van der Waals surface area contributed by atoms with Crippen molar-refractivity contribution in [2.45, 2.75) is 0 Å². The lowest BCUT2D eigenvalue weighted by molar-refractivity contribution is 0.477. The summed E-state index contributed by atoms with van der Waals surface area (Å²) in [6, 6.07) is 23.9. The molecule has 0 atom stereocenters. The Hall–Kier alpha value is -3.79. The summed E-state index contributed by atoms with van der Waals surface area (Å²) < 4.78 is 6.02. The highest BCUT2D eigenvalue weighted by atomic mass is 16.3. The number of aromatic hydroxyl groups is 1. The van der Waals surface area contributed by atoms with E-state index >= 15 is 0 Å². The van der Waals surface area contributed by atoms with E-state index < -0.39 is 0 Å². The van der Waals surface area contributed by atoms with E-state index in [0.29, 0.717) is 16.7 Å². The second-order valence-corrected chi connectivity index (χ2v) is 6.44. The summed E-state index contributed by atoms with van der Waals surface area (Å²) >= 11 is 0. The summed E-state index contributed by atoms with van der Waals surface area (Å²) in [7, 11) is 0. The Kier molecular flexibility index (Phi) is 3.37. The van der Waals surface area contributed by atoms with Gasteiger partial charge in [-0.3, -0.25) is 4.79 Å². The van der Waals surface area contributed by atoms with Crippen LogP contribution in [-0.2, 0) is 0 Å². The summed E-state index contributed by atoms with van der Waals surface area (Å²) in [5, 5.41) is 11.2. The van der Waals surface area contributed by atoms with Crippen LogP contribution in [0, 0.1) is 0 Å². The predicted molar refractivity (Wildman–Crippen MR) is 107 cm³/mol. The van der Waals surface area contributed by atoms with Gasteiger partial charge in [-0.25, -0.2) is 0 Å². The first-order chi connectivity index (χ1) is 13.2. The van der Waals surface area contributed by atoms with Gasteiger partial charge in [0.25, 0.3) is 0 Å². The highest BCUT2D eigenvalue weighted by Gasteiger charge is 2.17. The van der Waals surface area contributed by atoms with E-state index in [1.54, 1.807) is 18.2 Å². The summed E-state index contributed by atoms with van der Waals surface area (Å²) in [6.07, 6.45) is 0. The topological polar surface area (TPSA) is 66.2 Å². The van der Waals surface area contributed by atoms with Gasteiger partial charge < -0.3 is 14.5 Å². The van der Waals surface area contributed by atoms with Gasteiger partial charge in [-0.05, 0) is 29.8 Å². The molecule has 2 N–H and O–H groups in total. The fourth-order valence-electron chi connectivity index (χ4n) is 3.45. The maximum atomic E-state index is 11.7. The van der Waals surface area contributed by atoms with Crippen LogP contribution >= 0.6 is 0 Å². The molecule has 2 heterocycles.